The number of terminal acetylenes is 1. The number of amides is 2. The van der Waals surface area contributed by atoms with Gasteiger partial charge in [0.2, 0.25) is 5.91 Å². The highest BCUT2D eigenvalue weighted by Gasteiger charge is 2.11. The lowest BCUT2D eigenvalue weighted by Gasteiger charge is -2.11. The Morgan fingerprint density at radius 3 is 2.79 bits per heavy atom. The molecule has 2 aromatic rings. The van der Waals surface area contributed by atoms with E-state index in [1.165, 1.54) is 20.2 Å². The SMILES string of the molecule is C#CCOc1c(Cl)cc(/C=N\NC(=O)c2cccc(NC(C)=O)c2)cc1OC. The number of carbonyl (C=O) groups excluding carboxylic acids is 2. The summed E-state index contributed by atoms with van der Waals surface area (Å²) < 4.78 is 10.6. The molecular formula is C20H18ClN3O4. The van der Waals surface area contributed by atoms with E-state index in [2.05, 4.69) is 21.8 Å². The predicted octanol–water partition coefficient (Wildman–Crippen LogP) is 3.08. The Kier molecular flexibility index (Phi) is 7.43. The Morgan fingerprint density at radius 2 is 2.11 bits per heavy atom. The van der Waals surface area contributed by atoms with E-state index < -0.39 is 5.91 Å². The van der Waals surface area contributed by atoms with Crippen LogP contribution in [-0.4, -0.2) is 31.7 Å². The van der Waals surface area contributed by atoms with Crippen molar-refractivity contribution in [1.82, 2.24) is 5.43 Å². The van der Waals surface area contributed by atoms with Crippen LogP contribution in [0.3, 0.4) is 0 Å². The number of ether oxygens (including phenoxy) is 2. The van der Waals surface area contributed by atoms with Gasteiger partial charge in [-0.15, -0.1) is 6.42 Å². The number of nitrogens with zero attached hydrogens (tertiary/aromatic N) is 1. The van der Waals surface area contributed by atoms with E-state index in [1.807, 2.05) is 0 Å². The van der Waals surface area contributed by atoms with E-state index in [4.69, 9.17) is 27.5 Å². The molecule has 0 fully saturated rings. The van der Waals surface area contributed by atoms with Gasteiger partial charge in [0.1, 0.15) is 6.61 Å². The number of hydrogen-bond donors (Lipinski definition) is 2. The number of nitrogens with one attached hydrogen (secondary N) is 2. The highest BCUT2D eigenvalue weighted by atomic mass is 35.5. The number of benzene rings is 2. The molecule has 144 valence electrons. The third-order valence-corrected chi connectivity index (χ3v) is 3.66. The first-order valence-electron chi connectivity index (χ1n) is 8.09. The largest absolute Gasteiger partial charge is 0.493 e. The van der Waals surface area contributed by atoms with E-state index in [-0.39, 0.29) is 12.5 Å². The molecule has 0 bridgehead atoms. The standard InChI is InChI=1S/C20H18ClN3O4/c1-4-8-28-19-17(21)9-14(10-18(19)27-3)12-22-24-20(26)15-6-5-7-16(11-15)23-13(2)25/h1,5-7,9-12H,8H2,2-3H3,(H,23,25)(H,24,26)/b22-12-. The Labute approximate surface area is 167 Å². The fourth-order valence-electron chi connectivity index (χ4n) is 2.24. The molecule has 2 N–H and O–H groups in total. The summed E-state index contributed by atoms with van der Waals surface area (Å²) in [4.78, 5) is 23.3. The number of anilines is 1. The van der Waals surface area contributed by atoms with E-state index in [9.17, 15) is 9.59 Å². The van der Waals surface area contributed by atoms with Crippen LogP contribution in [0.2, 0.25) is 5.02 Å². The highest BCUT2D eigenvalue weighted by Crippen LogP contribution is 2.35. The average molecular weight is 400 g/mol. The molecule has 0 aliphatic rings. The number of halogens is 1. The molecule has 2 rings (SSSR count). The minimum Gasteiger partial charge on any atom is -0.493 e. The summed E-state index contributed by atoms with van der Waals surface area (Å²) >= 11 is 6.19. The minimum atomic E-state index is -0.435. The van der Waals surface area contributed by atoms with Crippen LogP contribution in [0.25, 0.3) is 0 Å². The summed E-state index contributed by atoms with van der Waals surface area (Å²) in [7, 11) is 1.47. The first kappa shape index (κ1) is 20.8. The number of methoxy groups -OCH3 is 1. The molecule has 0 aliphatic carbocycles. The van der Waals surface area contributed by atoms with Gasteiger partial charge in [0.25, 0.3) is 5.91 Å². The zero-order chi connectivity index (χ0) is 20.5. The van der Waals surface area contributed by atoms with Crippen molar-refractivity contribution < 1.29 is 19.1 Å². The van der Waals surface area contributed by atoms with Gasteiger partial charge in [-0.25, -0.2) is 5.43 Å². The highest BCUT2D eigenvalue weighted by molar-refractivity contribution is 6.32. The van der Waals surface area contributed by atoms with Crippen molar-refractivity contribution in [3.8, 4) is 23.8 Å². The maximum absolute atomic E-state index is 12.2. The Hall–Kier alpha value is -3.50. The molecule has 0 saturated carbocycles. The van der Waals surface area contributed by atoms with Crippen molar-refractivity contribution in [2.24, 2.45) is 5.10 Å². The van der Waals surface area contributed by atoms with E-state index in [0.29, 0.717) is 33.3 Å². The molecule has 0 saturated heterocycles. The molecule has 0 spiro atoms. The number of rotatable bonds is 7. The van der Waals surface area contributed by atoms with E-state index in [1.54, 1.807) is 36.4 Å². The molecule has 0 heterocycles. The first-order valence-corrected chi connectivity index (χ1v) is 8.47. The monoisotopic (exact) mass is 399 g/mol. The van der Waals surface area contributed by atoms with Crippen molar-refractivity contribution in [2.75, 3.05) is 19.0 Å². The molecule has 0 atom stereocenters. The Balaban J connectivity index is 2.10. The van der Waals surface area contributed by atoms with E-state index in [0.717, 1.165) is 0 Å². The lowest BCUT2D eigenvalue weighted by molar-refractivity contribution is -0.114. The van der Waals surface area contributed by atoms with Crippen molar-refractivity contribution >= 4 is 35.3 Å². The maximum atomic E-state index is 12.2. The molecule has 0 aliphatic heterocycles. The molecule has 7 nitrogen and oxygen atoms in total. The molecule has 0 unspecified atom stereocenters. The van der Waals surface area contributed by atoms with Gasteiger partial charge in [0, 0.05) is 18.2 Å². The van der Waals surface area contributed by atoms with Gasteiger partial charge in [-0.1, -0.05) is 23.6 Å². The van der Waals surface area contributed by atoms with Crippen LogP contribution in [0, 0.1) is 12.3 Å². The quantitative estimate of drug-likeness (QED) is 0.425. The number of hydrazone groups is 1. The summed E-state index contributed by atoms with van der Waals surface area (Å²) in [5, 5.41) is 6.82. The first-order chi connectivity index (χ1) is 13.4. The molecule has 2 aromatic carbocycles. The van der Waals surface area contributed by atoms with Crippen molar-refractivity contribution in [3.63, 3.8) is 0 Å². The normalized spacial score (nSPS) is 10.2. The minimum absolute atomic E-state index is 0.0527. The van der Waals surface area contributed by atoms with Crippen molar-refractivity contribution in [1.29, 1.82) is 0 Å². The third-order valence-electron chi connectivity index (χ3n) is 3.38. The molecule has 8 heteroatoms. The lowest BCUT2D eigenvalue weighted by Crippen LogP contribution is -2.18. The smallest absolute Gasteiger partial charge is 0.271 e. The average Bonchev–Trinajstić information content (AvgIpc) is 2.66. The van der Waals surface area contributed by atoms with Crippen LogP contribution in [0.5, 0.6) is 11.5 Å². The van der Waals surface area contributed by atoms with Gasteiger partial charge in [-0.3, -0.25) is 9.59 Å². The van der Waals surface area contributed by atoms with Crippen LogP contribution < -0.4 is 20.2 Å². The summed E-state index contributed by atoms with van der Waals surface area (Å²) in [6.45, 7) is 1.44. The number of carbonyl (C=O) groups is 2. The number of hydrogen-bond acceptors (Lipinski definition) is 5. The predicted molar refractivity (Wildman–Crippen MR) is 108 cm³/mol. The Morgan fingerprint density at radius 1 is 1.32 bits per heavy atom. The van der Waals surface area contributed by atoms with Crippen molar-refractivity contribution in [3.05, 3.63) is 52.5 Å². The van der Waals surface area contributed by atoms with Gasteiger partial charge in [-0.05, 0) is 35.9 Å². The second-order valence-electron chi connectivity index (χ2n) is 5.49. The van der Waals surface area contributed by atoms with Crippen molar-refractivity contribution in [2.45, 2.75) is 6.92 Å². The van der Waals surface area contributed by atoms with E-state index >= 15 is 0 Å². The molecule has 28 heavy (non-hydrogen) atoms. The zero-order valence-corrected chi connectivity index (χ0v) is 16.0. The van der Waals surface area contributed by atoms with Crippen LogP contribution in [0.15, 0.2) is 41.5 Å². The molecule has 0 aromatic heterocycles. The zero-order valence-electron chi connectivity index (χ0n) is 15.3. The van der Waals surface area contributed by atoms with Crippen LogP contribution in [0.4, 0.5) is 5.69 Å². The van der Waals surface area contributed by atoms with Crippen LogP contribution in [0.1, 0.15) is 22.8 Å². The van der Waals surface area contributed by atoms with Gasteiger partial charge in [0.05, 0.1) is 18.3 Å². The second-order valence-corrected chi connectivity index (χ2v) is 5.90. The molecular weight excluding hydrogens is 382 g/mol. The topological polar surface area (TPSA) is 89.0 Å². The van der Waals surface area contributed by atoms with Crippen LogP contribution in [-0.2, 0) is 4.79 Å². The third kappa shape index (κ3) is 5.76. The lowest BCUT2D eigenvalue weighted by atomic mass is 10.2. The van der Waals surface area contributed by atoms with Gasteiger partial charge >= 0.3 is 0 Å². The maximum Gasteiger partial charge on any atom is 0.271 e. The summed E-state index contributed by atoms with van der Waals surface area (Å²) in [6, 6.07) is 9.73. The van der Waals surface area contributed by atoms with Gasteiger partial charge in [0.15, 0.2) is 11.5 Å². The Bertz CT molecular complexity index is 951. The second kappa shape index (κ2) is 10.00. The summed E-state index contributed by atoms with van der Waals surface area (Å²) in [5.74, 6) is 2.41. The molecule has 0 radical (unpaired) electrons. The van der Waals surface area contributed by atoms with Crippen LogP contribution >= 0.6 is 11.6 Å². The van der Waals surface area contributed by atoms with Gasteiger partial charge < -0.3 is 14.8 Å². The summed E-state index contributed by atoms with van der Waals surface area (Å²) in [6.07, 6.45) is 6.59. The fraction of sp³-hybridized carbons (Fsp3) is 0.150. The fourth-order valence-corrected chi connectivity index (χ4v) is 2.51. The summed E-state index contributed by atoms with van der Waals surface area (Å²) in [5.41, 5.74) is 3.86. The van der Waals surface area contributed by atoms with Gasteiger partial charge in [-0.2, -0.15) is 5.10 Å². The molecule has 2 amide bonds.